The molecule has 2 aromatic carbocycles. The van der Waals surface area contributed by atoms with Crippen molar-refractivity contribution >= 4 is 32.3 Å². The fraction of sp³-hybridized carbons (Fsp3) is 0.370. The van der Waals surface area contributed by atoms with Crippen LogP contribution in [0.3, 0.4) is 0 Å². The van der Waals surface area contributed by atoms with Gasteiger partial charge < -0.3 is 14.7 Å². The summed E-state index contributed by atoms with van der Waals surface area (Å²) in [5, 5.41) is 0. The van der Waals surface area contributed by atoms with E-state index < -0.39 is 0 Å². The van der Waals surface area contributed by atoms with E-state index in [1.54, 1.807) is 20.0 Å². The Labute approximate surface area is 210 Å². The van der Waals surface area contributed by atoms with Crippen LogP contribution in [0.25, 0.3) is 6.08 Å². The number of hydrogen-bond acceptors (Lipinski definition) is 3. The van der Waals surface area contributed by atoms with Gasteiger partial charge in [-0.3, -0.25) is 0 Å². The molecular weight excluding hydrogens is 599 g/mol. The summed E-state index contributed by atoms with van der Waals surface area (Å²) in [6, 6.07) is 13.4. The van der Waals surface area contributed by atoms with Crippen LogP contribution in [0, 0.1) is 6.67 Å². The molecule has 0 spiro atoms. The SMILES string of the molecule is CCN(CC)c1cccc2c1N1[CH-]N(c3c(C(C)C)cccc3C(C)C)C=C1C=C2.[Cl][Au]. The van der Waals surface area contributed by atoms with E-state index in [1.165, 1.54) is 39.4 Å². The van der Waals surface area contributed by atoms with Crippen molar-refractivity contribution in [3.8, 4) is 0 Å². The Morgan fingerprint density at radius 1 is 0.875 bits per heavy atom. The van der Waals surface area contributed by atoms with E-state index >= 15 is 0 Å². The molecule has 0 radical (unpaired) electrons. The van der Waals surface area contributed by atoms with E-state index in [2.05, 4.69) is 127 Å². The molecule has 0 fully saturated rings. The molecular formula is C27H34AuClN3-. The molecule has 176 valence electrons. The van der Waals surface area contributed by atoms with Gasteiger partial charge in [0.1, 0.15) is 0 Å². The Hall–Kier alpha value is -1.65. The van der Waals surface area contributed by atoms with Crippen molar-refractivity contribution in [3.63, 3.8) is 0 Å². The summed E-state index contributed by atoms with van der Waals surface area (Å²) < 4.78 is 0. The first-order valence-corrected chi connectivity index (χ1v) is 14.1. The summed E-state index contributed by atoms with van der Waals surface area (Å²) in [5.74, 6) is 0.939. The third-order valence-electron chi connectivity index (χ3n) is 6.21. The van der Waals surface area contributed by atoms with E-state index in [1.807, 2.05) is 0 Å². The van der Waals surface area contributed by atoms with Crippen LogP contribution in [0.2, 0.25) is 0 Å². The molecule has 0 aliphatic carbocycles. The number of halogens is 1. The summed E-state index contributed by atoms with van der Waals surface area (Å²) in [5.41, 5.74) is 9.20. The third-order valence-corrected chi connectivity index (χ3v) is 6.21. The third kappa shape index (κ3) is 4.68. The fourth-order valence-corrected chi connectivity index (χ4v) is 4.61. The first-order valence-electron chi connectivity index (χ1n) is 11.4. The maximum atomic E-state index is 4.58. The summed E-state index contributed by atoms with van der Waals surface area (Å²) in [4.78, 5) is 7.15. The van der Waals surface area contributed by atoms with Gasteiger partial charge in [-0.05, 0) is 60.7 Å². The van der Waals surface area contributed by atoms with Crippen LogP contribution in [-0.4, -0.2) is 13.1 Å². The Morgan fingerprint density at radius 2 is 1.47 bits per heavy atom. The Balaban J connectivity index is 0.00000141. The Morgan fingerprint density at radius 3 is 2.03 bits per heavy atom. The molecule has 2 aliphatic rings. The van der Waals surface area contributed by atoms with Gasteiger partial charge in [0.15, 0.2) is 0 Å². The molecule has 0 unspecified atom stereocenters. The van der Waals surface area contributed by atoms with Crippen LogP contribution in [0.4, 0.5) is 17.1 Å². The average Bonchev–Trinajstić information content (AvgIpc) is 3.25. The van der Waals surface area contributed by atoms with Crippen LogP contribution in [-0.2, 0) is 20.0 Å². The molecule has 3 nitrogen and oxygen atoms in total. The Kier molecular flexibility index (Phi) is 8.57. The van der Waals surface area contributed by atoms with Gasteiger partial charge in [0, 0.05) is 30.2 Å². The van der Waals surface area contributed by atoms with E-state index in [0.29, 0.717) is 11.8 Å². The number of anilines is 3. The fourth-order valence-electron chi connectivity index (χ4n) is 4.61. The van der Waals surface area contributed by atoms with E-state index in [-0.39, 0.29) is 0 Å². The molecule has 2 heterocycles. The van der Waals surface area contributed by atoms with E-state index in [9.17, 15) is 0 Å². The van der Waals surface area contributed by atoms with Crippen molar-refractivity contribution in [3.05, 3.63) is 77.7 Å². The molecule has 2 aliphatic heterocycles. The first kappa shape index (κ1) is 25.0. The molecule has 2 aromatic rings. The minimum absolute atomic E-state index is 0.470. The normalized spacial score (nSPS) is 14.3. The summed E-state index contributed by atoms with van der Waals surface area (Å²) >= 11 is 1.75. The van der Waals surface area contributed by atoms with E-state index in [0.717, 1.165) is 13.1 Å². The van der Waals surface area contributed by atoms with E-state index in [4.69, 9.17) is 0 Å². The van der Waals surface area contributed by atoms with Gasteiger partial charge in [0.05, 0.1) is 5.69 Å². The van der Waals surface area contributed by atoms with Crippen LogP contribution >= 0.6 is 9.19 Å². The second-order valence-electron chi connectivity index (χ2n) is 8.76. The van der Waals surface area contributed by atoms with Crippen LogP contribution < -0.4 is 14.7 Å². The van der Waals surface area contributed by atoms with Crippen molar-refractivity contribution in [2.24, 2.45) is 0 Å². The summed E-state index contributed by atoms with van der Waals surface area (Å²) in [6.07, 6.45) is 6.77. The molecule has 0 aromatic heterocycles. The number of hydrogen-bond donors (Lipinski definition) is 0. The second-order valence-corrected chi connectivity index (χ2v) is 8.76. The van der Waals surface area contributed by atoms with Crippen LogP contribution in [0.15, 0.2) is 54.4 Å². The molecule has 0 saturated heterocycles. The van der Waals surface area contributed by atoms with Crippen molar-refractivity contribution in [2.45, 2.75) is 53.4 Å². The molecule has 0 bridgehead atoms. The number of allylic oxidation sites excluding steroid dienone is 1. The molecule has 0 N–H and O–H groups in total. The topological polar surface area (TPSA) is 9.72 Å². The van der Waals surface area contributed by atoms with Crippen LogP contribution in [0.5, 0.6) is 0 Å². The predicted molar refractivity (Wildman–Crippen MR) is 137 cm³/mol. The van der Waals surface area contributed by atoms with Gasteiger partial charge in [-0.15, -0.1) is 6.67 Å². The number of nitrogens with zero attached hydrogens (tertiary/aromatic N) is 3. The number of benzene rings is 2. The Bertz CT molecular complexity index is 966. The van der Waals surface area contributed by atoms with Crippen molar-refractivity contribution < 1.29 is 20.0 Å². The zero-order chi connectivity index (χ0) is 23.4. The number of fused-ring (bicyclic) bond motifs is 3. The quantitative estimate of drug-likeness (QED) is 0.238. The van der Waals surface area contributed by atoms with Crippen molar-refractivity contribution in [1.82, 2.24) is 0 Å². The van der Waals surface area contributed by atoms with Gasteiger partial charge in [-0.2, -0.15) is 0 Å². The van der Waals surface area contributed by atoms with Gasteiger partial charge in [-0.25, -0.2) is 0 Å². The summed E-state index contributed by atoms with van der Waals surface area (Å²) in [6.45, 7) is 17.9. The molecule has 5 heteroatoms. The molecule has 4 rings (SSSR count). The van der Waals surface area contributed by atoms with Crippen molar-refractivity contribution in [1.29, 1.82) is 0 Å². The second kappa shape index (κ2) is 11.0. The number of rotatable bonds is 6. The van der Waals surface area contributed by atoms with Crippen molar-refractivity contribution in [2.75, 3.05) is 27.8 Å². The van der Waals surface area contributed by atoms with Gasteiger partial charge in [0.25, 0.3) is 0 Å². The van der Waals surface area contributed by atoms with Crippen LogP contribution in [0.1, 0.15) is 70.1 Å². The zero-order valence-corrected chi connectivity index (χ0v) is 22.8. The van der Waals surface area contributed by atoms with Gasteiger partial charge in [-0.1, -0.05) is 64.1 Å². The standard InChI is InChI=1S/C27H34N3.Au.ClH/c1-7-28(8-2)25-14-9-11-21-15-16-22-17-29(18-30(22)26(21)25)27-23(19(3)4)12-10-13-24(27)20(5)6;;/h9-20H,7-8H2,1-6H3;;1H/q-1;+1;/p-1. The molecule has 32 heavy (non-hydrogen) atoms. The van der Waals surface area contributed by atoms with Gasteiger partial charge in [0.2, 0.25) is 0 Å². The van der Waals surface area contributed by atoms with Gasteiger partial charge >= 0.3 is 29.2 Å². The average molecular weight is 633 g/mol. The minimum atomic E-state index is 0.470. The molecule has 0 saturated carbocycles. The number of para-hydroxylation sites is 2. The molecule has 0 atom stereocenters. The maximum absolute atomic E-state index is 4.58. The summed E-state index contributed by atoms with van der Waals surface area (Å²) in [7, 11) is 4.58. The first-order chi connectivity index (χ1) is 15.5. The molecule has 0 amide bonds. The zero-order valence-electron chi connectivity index (χ0n) is 19.9. The monoisotopic (exact) mass is 632 g/mol. The predicted octanol–water partition coefficient (Wildman–Crippen LogP) is 7.78.